The fourth-order valence-corrected chi connectivity index (χ4v) is 2.78. The average Bonchev–Trinajstić information content (AvgIpc) is 2.68. The molecule has 142 valence electrons. The lowest BCUT2D eigenvalue weighted by Crippen LogP contribution is -2.18. The lowest BCUT2D eigenvalue weighted by atomic mass is 10.1. The van der Waals surface area contributed by atoms with Crippen molar-refractivity contribution >= 4 is 35.1 Å². The van der Waals surface area contributed by atoms with E-state index in [0.29, 0.717) is 5.56 Å². The number of benzene rings is 2. The minimum absolute atomic E-state index is 0.0319. The van der Waals surface area contributed by atoms with Crippen LogP contribution in [-0.2, 0) is 20.7 Å². The van der Waals surface area contributed by atoms with Gasteiger partial charge in [0, 0.05) is 5.56 Å². The van der Waals surface area contributed by atoms with Gasteiger partial charge in [-0.25, -0.2) is 4.39 Å². The normalized spacial score (nSPS) is 10.3. The number of anilines is 1. The summed E-state index contributed by atoms with van der Waals surface area (Å²) in [6.07, 6.45) is 0.880. The summed E-state index contributed by atoms with van der Waals surface area (Å²) in [6.45, 7) is 1.68. The SMILES string of the molecule is CCc1ccc(C(=O)COC(=O)CSCC(=O)Nc2ccccc2F)cc1. The van der Waals surface area contributed by atoms with E-state index in [1.165, 1.54) is 18.2 Å². The van der Waals surface area contributed by atoms with Crippen LogP contribution < -0.4 is 5.32 Å². The summed E-state index contributed by atoms with van der Waals surface area (Å²) in [5.74, 6) is -1.93. The monoisotopic (exact) mass is 389 g/mol. The maximum absolute atomic E-state index is 13.4. The first-order chi connectivity index (χ1) is 13.0. The van der Waals surface area contributed by atoms with Crippen LogP contribution in [-0.4, -0.2) is 35.8 Å². The molecule has 0 aliphatic carbocycles. The Morgan fingerprint density at radius 3 is 2.41 bits per heavy atom. The number of esters is 1. The Kier molecular flexibility index (Phi) is 8.00. The van der Waals surface area contributed by atoms with Crippen molar-refractivity contribution in [1.82, 2.24) is 0 Å². The van der Waals surface area contributed by atoms with E-state index in [4.69, 9.17) is 4.74 Å². The number of para-hydroxylation sites is 1. The van der Waals surface area contributed by atoms with Gasteiger partial charge in [-0.2, -0.15) is 0 Å². The maximum Gasteiger partial charge on any atom is 0.316 e. The van der Waals surface area contributed by atoms with Crippen molar-refractivity contribution in [2.75, 3.05) is 23.4 Å². The minimum atomic E-state index is -0.586. The highest BCUT2D eigenvalue weighted by Crippen LogP contribution is 2.13. The van der Waals surface area contributed by atoms with Crippen molar-refractivity contribution in [3.63, 3.8) is 0 Å². The maximum atomic E-state index is 13.4. The number of amides is 1. The molecule has 0 aliphatic heterocycles. The Morgan fingerprint density at radius 1 is 1.04 bits per heavy atom. The van der Waals surface area contributed by atoms with Crippen LogP contribution in [0.25, 0.3) is 0 Å². The van der Waals surface area contributed by atoms with E-state index < -0.39 is 17.7 Å². The first kappa shape index (κ1) is 20.6. The fourth-order valence-electron chi connectivity index (χ4n) is 2.17. The van der Waals surface area contributed by atoms with Crippen LogP contribution in [0.3, 0.4) is 0 Å². The topological polar surface area (TPSA) is 72.5 Å². The average molecular weight is 389 g/mol. The second kappa shape index (κ2) is 10.5. The van der Waals surface area contributed by atoms with Crippen molar-refractivity contribution in [2.24, 2.45) is 0 Å². The standard InChI is InChI=1S/C20H20FNO4S/c1-2-14-7-9-15(10-8-14)18(23)11-26-20(25)13-27-12-19(24)22-17-6-4-3-5-16(17)21/h3-10H,2,11-13H2,1H3,(H,22,24). The number of nitrogens with one attached hydrogen (secondary N) is 1. The number of ether oxygens (including phenoxy) is 1. The van der Waals surface area contributed by atoms with Gasteiger partial charge in [0.15, 0.2) is 12.4 Å². The number of rotatable bonds is 9. The van der Waals surface area contributed by atoms with Gasteiger partial charge in [-0.05, 0) is 24.1 Å². The number of thioether (sulfide) groups is 1. The van der Waals surface area contributed by atoms with E-state index in [2.05, 4.69) is 5.32 Å². The van der Waals surface area contributed by atoms with Gasteiger partial charge in [-0.3, -0.25) is 14.4 Å². The molecule has 0 unspecified atom stereocenters. The zero-order valence-corrected chi connectivity index (χ0v) is 15.7. The fraction of sp³-hybridized carbons (Fsp3) is 0.250. The number of Topliss-reactive ketones (excluding diaryl/α,β-unsaturated/α-hetero) is 1. The highest BCUT2D eigenvalue weighted by molar-refractivity contribution is 8.00. The number of halogens is 1. The molecule has 0 heterocycles. The van der Waals surface area contributed by atoms with Crippen molar-refractivity contribution in [2.45, 2.75) is 13.3 Å². The molecule has 0 atom stereocenters. The van der Waals surface area contributed by atoms with E-state index in [1.54, 1.807) is 18.2 Å². The van der Waals surface area contributed by atoms with Crippen LogP contribution in [0.1, 0.15) is 22.8 Å². The predicted octanol–water partition coefficient (Wildman–Crippen LogP) is 3.49. The third-order valence-electron chi connectivity index (χ3n) is 3.65. The number of carbonyl (C=O) groups is 3. The second-order valence-corrected chi connectivity index (χ2v) is 6.64. The summed E-state index contributed by atoms with van der Waals surface area (Å²) in [6, 6.07) is 13.0. The Morgan fingerprint density at radius 2 is 1.74 bits per heavy atom. The van der Waals surface area contributed by atoms with Gasteiger partial charge < -0.3 is 10.1 Å². The molecule has 2 rings (SSSR count). The number of hydrogen-bond donors (Lipinski definition) is 1. The molecule has 7 heteroatoms. The predicted molar refractivity (Wildman–Crippen MR) is 103 cm³/mol. The zero-order chi connectivity index (χ0) is 19.6. The van der Waals surface area contributed by atoms with Crippen LogP contribution in [0.5, 0.6) is 0 Å². The van der Waals surface area contributed by atoms with E-state index in [9.17, 15) is 18.8 Å². The quantitative estimate of drug-likeness (QED) is 0.525. The molecular weight excluding hydrogens is 369 g/mol. The molecule has 1 N–H and O–H groups in total. The summed E-state index contributed by atoms with van der Waals surface area (Å²) in [5.41, 5.74) is 1.69. The molecule has 2 aromatic carbocycles. The molecule has 5 nitrogen and oxygen atoms in total. The molecule has 0 aliphatic rings. The Hall–Kier alpha value is -2.67. The van der Waals surface area contributed by atoms with Crippen LogP contribution in [0.2, 0.25) is 0 Å². The van der Waals surface area contributed by atoms with Gasteiger partial charge in [0.25, 0.3) is 0 Å². The van der Waals surface area contributed by atoms with Crippen LogP contribution in [0.15, 0.2) is 48.5 Å². The van der Waals surface area contributed by atoms with E-state index in [1.807, 2.05) is 19.1 Å². The molecule has 0 bridgehead atoms. The molecule has 0 aromatic heterocycles. The van der Waals surface area contributed by atoms with Crippen LogP contribution in [0, 0.1) is 5.82 Å². The Bertz CT molecular complexity index is 808. The van der Waals surface area contributed by atoms with Crippen molar-refractivity contribution in [3.05, 3.63) is 65.5 Å². The third kappa shape index (κ3) is 6.86. The van der Waals surface area contributed by atoms with Crippen molar-refractivity contribution in [3.8, 4) is 0 Å². The Balaban J connectivity index is 1.67. The largest absolute Gasteiger partial charge is 0.457 e. The Labute approximate surface area is 161 Å². The highest BCUT2D eigenvalue weighted by atomic mass is 32.2. The number of ketones is 1. The zero-order valence-electron chi connectivity index (χ0n) is 14.9. The van der Waals surface area contributed by atoms with Gasteiger partial charge in [0.05, 0.1) is 17.2 Å². The first-order valence-corrected chi connectivity index (χ1v) is 9.55. The molecule has 2 aromatic rings. The second-order valence-electron chi connectivity index (χ2n) is 5.66. The van der Waals surface area contributed by atoms with Gasteiger partial charge in [-0.1, -0.05) is 43.3 Å². The number of carbonyl (C=O) groups excluding carboxylic acids is 3. The molecular formula is C20H20FNO4S. The molecule has 0 saturated heterocycles. The first-order valence-electron chi connectivity index (χ1n) is 8.39. The van der Waals surface area contributed by atoms with Crippen LogP contribution in [0.4, 0.5) is 10.1 Å². The molecule has 1 amide bonds. The highest BCUT2D eigenvalue weighted by Gasteiger charge is 2.12. The molecule has 0 radical (unpaired) electrons. The molecule has 0 saturated carbocycles. The molecule has 0 fully saturated rings. The lowest BCUT2D eigenvalue weighted by molar-refractivity contribution is -0.139. The summed E-state index contributed by atoms with van der Waals surface area (Å²) >= 11 is 1.03. The van der Waals surface area contributed by atoms with Gasteiger partial charge >= 0.3 is 5.97 Å². The molecule has 27 heavy (non-hydrogen) atoms. The van der Waals surface area contributed by atoms with Crippen molar-refractivity contribution < 1.29 is 23.5 Å². The van der Waals surface area contributed by atoms with E-state index >= 15 is 0 Å². The van der Waals surface area contributed by atoms with Gasteiger partial charge in [0.1, 0.15) is 5.82 Å². The van der Waals surface area contributed by atoms with E-state index in [0.717, 1.165) is 23.7 Å². The minimum Gasteiger partial charge on any atom is -0.457 e. The number of aryl methyl sites for hydroxylation is 1. The lowest BCUT2D eigenvalue weighted by Gasteiger charge is -2.07. The van der Waals surface area contributed by atoms with Crippen molar-refractivity contribution in [1.29, 1.82) is 0 Å². The van der Waals surface area contributed by atoms with Crippen LogP contribution >= 0.6 is 11.8 Å². The third-order valence-corrected chi connectivity index (χ3v) is 4.56. The van der Waals surface area contributed by atoms with E-state index in [-0.39, 0.29) is 29.6 Å². The van der Waals surface area contributed by atoms with Gasteiger partial charge in [-0.15, -0.1) is 11.8 Å². The molecule has 0 spiro atoms. The summed E-state index contributed by atoms with van der Waals surface area (Å²) < 4.78 is 18.4. The smallest absolute Gasteiger partial charge is 0.316 e. The number of hydrogen-bond acceptors (Lipinski definition) is 5. The summed E-state index contributed by atoms with van der Waals surface area (Å²) in [7, 11) is 0. The van der Waals surface area contributed by atoms with Gasteiger partial charge in [0.2, 0.25) is 5.91 Å². The summed E-state index contributed by atoms with van der Waals surface area (Å²) in [5, 5.41) is 2.42. The summed E-state index contributed by atoms with van der Waals surface area (Å²) in [4.78, 5) is 35.4.